The van der Waals surface area contributed by atoms with Gasteiger partial charge in [-0.15, -0.1) is 0 Å². The number of hydrogen-bond donors (Lipinski definition) is 1. The SMILES string of the molecule is COc1ccc(NC(=O)c2ccnc(N3CCN(c4ccccc4)CC3)c2)cc1. The number of aromatic nitrogens is 1. The Morgan fingerprint density at radius 3 is 2.31 bits per heavy atom. The van der Waals surface area contributed by atoms with Crippen LogP contribution in [0.5, 0.6) is 5.75 Å². The molecule has 1 aliphatic rings. The van der Waals surface area contributed by atoms with E-state index in [-0.39, 0.29) is 5.91 Å². The molecule has 0 unspecified atom stereocenters. The predicted octanol–water partition coefficient (Wildman–Crippen LogP) is 3.67. The van der Waals surface area contributed by atoms with E-state index in [1.807, 2.05) is 36.4 Å². The largest absolute Gasteiger partial charge is 0.497 e. The lowest BCUT2D eigenvalue weighted by atomic mass is 10.2. The molecule has 0 aliphatic carbocycles. The minimum Gasteiger partial charge on any atom is -0.497 e. The summed E-state index contributed by atoms with van der Waals surface area (Å²) in [6, 6.07) is 21.3. The minimum absolute atomic E-state index is 0.151. The molecule has 148 valence electrons. The summed E-state index contributed by atoms with van der Waals surface area (Å²) in [7, 11) is 1.62. The third-order valence-corrected chi connectivity index (χ3v) is 5.08. The normalized spacial score (nSPS) is 13.8. The van der Waals surface area contributed by atoms with E-state index in [4.69, 9.17) is 4.74 Å². The molecule has 0 radical (unpaired) electrons. The van der Waals surface area contributed by atoms with Crippen LogP contribution in [0.2, 0.25) is 0 Å². The van der Waals surface area contributed by atoms with Gasteiger partial charge in [0.1, 0.15) is 11.6 Å². The zero-order valence-corrected chi connectivity index (χ0v) is 16.4. The fourth-order valence-electron chi connectivity index (χ4n) is 3.44. The van der Waals surface area contributed by atoms with Gasteiger partial charge < -0.3 is 19.9 Å². The van der Waals surface area contributed by atoms with Crippen LogP contribution >= 0.6 is 0 Å². The Labute approximate surface area is 170 Å². The smallest absolute Gasteiger partial charge is 0.255 e. The standard InChI is InChI=1S/C23H24N4O2/c1-29-21-9-7-19(8-10-21)25-23(28)18-11-12-24-22(17-18)27-15-13-26(14-16-27)20-5-3-2-4-6-20/h2-12,17H,13-16H2,1H3,(H,25,28). The van der Waals surface area contributed by atoms with Crippen LogP contribution in [0.4, 0.5) is 17.2 Å². The van der Waals surface area contributed by atoms with Crippen molar-refractivity contribution >= 4 is 23.1 Å². The molecule has 1 saturated heterocycles. The minimum atomic E-state index is -0.151. The van der Waals surface area contributed by atoms with Crippen LogP contribution in [0.3, 0.4) is 0 Å². The fraction of sp³-hybridized carbons (Fsp3) is 0.217. The molecule has 0 atom stereocenters. The second-order valence-electron chi connectivity index (χ2n) is 6.89. The Kier molecular flexibility index (Phi) is 5.61. The molecule has 6 nitrogen and oxygen atoms in total. The third-order valence-electron chi connectivity index (χ3n) is 5.08. The topological polar surface area (TPSA) is 57.7 Å². The number of nitrogens with zero attached hydrogens (tertiary/aromatic N) is 3. The monoisotopic (exact) mass is 388 g/mol. The van der Waals surface area contributed by atoms with Crippen LogP contribution in [0.15, 0.2) is 72.9 Å². The number of para-hydroxylation sites is 1. The van der Waals surface area contributed by atoms with Gasteiger partial charge in [-0.1, -0.05) is 18.2 Å². The highest BCUT2D eigenvalue weighted by Crippen LogP contribution is 2.21. The number of benzene rings is 2. The summed E-state index contributed by atoms with van der Waals surface area (Å²) in [6.45, 7) is 3.58. The van der Waals surface area contributed by atoms with Crippen molar-refractivity contribution in [2.24, 2.45) is 0 Å². The summed E-state index contributed by atoms with van der Waals surface area (Å²) >= 11 is 0. The van der Waals surface area contributed by atoms with Crippen molar-refractivity contribution in [3.8, 4) is 5.75 Å². The molecule has 1 N–H and O–H groups in total. The first-order valence-electron chi connectivity index (χ1n) is 9.69. The Morgan fingerprint density at radius 1 is 0.931 bits per heavy atom. The van der Waals surface area contributed by atoms with Crippen molar-refractivity contribution < 1.29 is 9.53 Å². The number of anilines is 3. The van der Waals surface area contributed by atoms with Crippen LogP contribution in [0, 0.1) is 0 Å². The molecule has 3 aromatic rings. The highest BCUT2D eigenvalue weighted by Gasteiger charge is 2.19. The van der Waals surface area contributed by atoms with Gasteiger partial charge in [-0.25, -0.2) is 4.98 Å². The molecule has 0 bridgehead atoms. The van der Waals surface area contributed by atoms with Crippen molar-refractivity contribution in [2.75, 3.05) is 48.4 Å². The van der Waals surface area contributed by atoms with E-state index in [2.05, 4.69) is 44.4 Å². The summed E-state index contributed by atoms with van der Waals surface area (Å²) in [4.78, 5) is 21.7. The molecule has 6 heteroatoms. The molecule has 29 heavy (non-hydrogen) atoms. The van der Waals surface area contributed by atoms with E-state index in [1.54, 1.807) is 19.4 Å². The lowest BCUT2D eigenvalue weighted by molar-refractivity contribution is 0.102. The summed E-state index contributed by atoms with van der Waals surface area (Å²) in [5.41, 5.74) is 2.56. The number of rotatable bonds is 5. The van der Waals surface area contributed by atoms with Crippen molar-refractivity contribution in [1.82, 2.24) is 4.98 Å². The fourth-order valence-corrected chi connectivity index (χ4v) is 3.44. The number of ether oxygens (including phenoxy) is 1. The van der Waals surface area contributed by atoms with Gasteiger partial charge in [-0.3, -0.25) is 4.79 Å². The zero-order valence-electron chi connectivity index (χ0n) is 16.4. The molecule has 1 aliphatic heterocycles. The van der Waals surface area contributed by atoms with E-state index >= 15 is 0 Å². The van der Waals surface area contributed by atoms with Crippen LogP contribution in [-0.4, -0.2) is 44.2 Å². The Bertz CT molecular complexity index is 952. The molecule has 0 saturated carbocycles. The van der Waals surface area contributed by atoms with Crippen molar-refractivity contribution in [3.05, 3.63) is 78.5 Å². The number of carbonyl (C=O) groups is 1. The van der Waals surface area contributed by atoms with E-state index in [9.17, 15) is 4.79 Å². The molecular formula is C23H24N4O2. The number of piperazine rings is 1. The summed E-state index contributed by atoms with van der Waals surface area (Å²) in [6.07, 6.45) is 1.70. The quantitative estimate of drug-likeness (QED) is 0.723. The van der Waals surface area contributed by atoms with Gasteiger partial charge in [0, 0.05) is 49.3 Å². The number of pyridine rings is 1. The Balaban J connectivity index is 1.40. The summed E-state index contributed by atoms with van der Waals surface area (Å²) < 4.78 is 5.15. The maximum Gasteiger partial charge on any atom is 0.255 e. The van der Waals surface area contributed by atoms with E-state index in [0.717, 1.165) is 43.4 Å². The highest BCUT2D eigenvalue weighted by atomic mass is 16.5. The van der Waals surface area contributed by atoms with Gasteiger partial charge >= 0.3 is 0 Å². The number of methoxy groups -OCH3 is 1. The van der Waals surface area contributed by atoms with E-state index in [1.165, 1.54) is 5.69 Å². The zero-order chi connectivity index (χ0) is 20.1. The maximum absolute atomic E-state index is 12.6. The van der Waals surface area contributed by atoms with Gasteiger partial charge in [0.2, 0.25) is 0 Å². The second-order valence-corrected chi connectivity index (χ2v) is 6.89. The van der Waals surface area contributed by atoms with E-state index in [0.29, 0.717) is 5.56 Å². The lowest BCUT2D eigenvalue weighted by Crippen LogP contribution is -2.46. The summed E-state index contributed by atoms with van der Waals surface area (Å²) in [5.74, 6) is 1.44. The molecule has 1 fully saturated rings. The van der Waals surface area contributed by atoms with Crippen molar-refractivity contribution in [1.29, 1.82) is 0 Å². The highest BCUT2D eigenvalue weighted by molar-refractivity contribution is 6.04. The van der Waals surface area contributed by atoms with Gasteiger partial charge in [0.15, 0.2) is 0 Å². The molecule has 0 spiro atoms. The number of hydrogen-bond acceptors (Lipinski definition) is 5. The number of carbonyl (C=O) groups excluding carboxylic acids is 1. The first kappa shape index (κ1) is 18.8. The molecule has 4 rings (SSSR count). The second kappa shape index (κ2) is 8.65. The molecular weight excluding hydrogens is 364 g/mol. The Morgan fingerprint density at radius 2 is 1.62 bits per heavy atom. The molecule has 2 aromatic carbocycles. The van der Waals surface area contributed by atoms with Gasteiger partial charge in [-0.05, 0) is 48.5 Å². The van der Waals surface area contributed by atoms with Crippen molar-refractivity contribution in [2.45, 2.75) is 0 Å². The third kappa shape index (κ3) is 4.48. The average molecular weight is 388 g/mol. The van der Waals surface area contributed by atoms with Gasteiger partial charge in [-0.2, -0.15) is 0 Å². The predicted molar refractivity (Wildman–Crippen MR) is 116 cm³/mol. The number of nitrogens with one attached hydrogen (secondary N) is 1. The molecule has 1 aromatic heterocycles. The van der Waals surface area contributed by atoms with Crippen LogP contribution in [0.25, 0.3) is 0 Å². The van der Waals surface area contributed by atoms with Gasteiger partial charge in [0.25, 0.3) is 5.91 Å². The van der Waals surface area contributed by atoms with Crippen LogP contribution < -0.4 is 19.9 Å². The molecule has 2 heterocycles. The summed E-state index contributed by atoms with van der Waals surface area (Å²) in [5, 5.41) is 2.92. The average Bonchev–Trinajstić information content (AvgIpc) is 2.80. The molecule has 1 amide bonds. The van der Waals surface area contributed by atoms with Gasteiger partial charge in [0.05, 0.1) is 7.11 Å². The van der Waals surface area contributed by atoms with Crippen LogP contribution in [-0.2, 0) is 0 Å². The van der Waals surface area contributed by atoms with Crippen molar-refractivity contribution in [3.63, 3.8) is 0 Å². The first-order chi connectivity index (χ1) is 14.2. The lowest BCUT2D eigenvalue weighted by Gasteiger charge is -2.36. The Hall–Kier alpha value is -3.54. The maximum atomic E-state index is 12.6. The first-order valence-corrected chi connectivity index (χ1v) is 9.69. The van der Waals surface area contributed by atoms with Crippen LogP contribution in [0.1, 0.15) is 10.4 Å². The van der Waals surface area contributed by atoms with E-state index < -0.39 is 0 Å². The number of amides is 1.